The maximum atomic E-state index is 12.6. The van der Waals surface area contributed by atoms with Crippen molar-refractivity contribution in [3.05, 3.63) is 80.4 Å². The van der Waals surface area contributed by atoms with Crippen molar-refractivity contribution in [3.8, 4) is 0 Å². The standard InChI is InChI=1S/C24H28N4O3/c1-2-27-20-10-5-6-11-21(20)28(24(31)23(27)30)17-22(29)25-13-7-14-26-15-12-18-8-3-4-9-19(18)16-26/h3-6,8-11H,2,7,12-17H2,1H3,(H,25,29). The van der Waals surface area contributed by atoms with Crippen LogP contribution in [0.5, 0.6) is 0 Å². The quantitative estimate of drug-likeness (QED) is 0.467. The molecule has 0 spiro atoms. The Hall–Kier alpha value is -3.19. The van der Waals surface area contributed by atoms with E-state index in [0.29, 0.717) is 24.1 Å². The lowest BCUT2D eigenvalue weighted by Gasteiger charge is -2.28. The molecule has 2 aromatic carbocycles. The smallest absolute Gasteiger partial charge is 0.317 e. The molecule has 2 heterocycles. The minimum absolute atomic E-state index is 0.157. The number of nitrogens with zero attached hydrogens (tertiary/aromatic N) is 3. The van der Waals surface area contributed by atoms with Crippen LogP contribution in [-0.2, 0) is 30.8 Å². The number of carbonyl (C=O) groups excluding carboxylic acids is 1. The fraction of sp³-hybridized carbons (Fsp3) is 0.375. The summed E-state index contributed by atoms with van der Waals surface area (Å²) in [5.74, 6) is -0.259. The summed E-state index contributed by atoms with van der Waals surface area (Å²) in [7, 11) is 0. The van der Waals surface area contributed by atoms with Gasteiger partial charge >= 0.3 is 11.1 Å². The predicted octanol–water partition coefficient (Wildman–Crippen LogP) is 1.75. The molecule has 0 bridgehead atoms. The first-order chi connectivity index (χ1) is 15.1. The molecule has 1 aromatic heterocycles. The molecule has 1 aliphatic heterocycles. The molecule has 3 aromatic rings. The number of carbonyl (C=O) groups is 1. The molecule has 0 aliphatic carbocycles. The van der Waals surface area contributed by atoms with E-state index in [1.165, 1.54) is 20.3 Å². The van der Waals surface area contributed by atoms with Gasteiger partial charge in [0.2, 0.25) is 5.91 Å². The average molecular weight is 421 g/mol. The van der Waals surface area contributed by atoms with E-state index >= 15 is 0 Å². The average Bonchev–Trinajstić information content (AvgIpc) is 2.80. The Morgan fingerprint density at radius 3 is 2.32 bits per heavy atom. The minimum Gasteiger partial charge on any atom is -0.355 e. The minimum atomic E-state index is -0.664. The topological polar surface area (TPSA) is 76.3 Å². The normalized spacial score (nSPS) is 13.8. The largest absolute Gasteiger partial charge is 0.355 e. The monoisotopic (exact) mass is 420 g/mol. The molecule has 31 heavy (non-hydrogen) atoms. The lowest BCUT2D eigenvalue weighted by Crippen LogP contribution is -2.44. The molecule has 162 valence electrons. The van der Waals surface area contributed by atoms with Gasteiger partial charge in [-0.2, -0.15) is 0 Å². The highest BCUT2D eigenvalue weighted by Crippen LogP contribution is 2.18. The number of aromatic nitrogens is 2. The van der Waals surface area contributed by atoms with Gasteiger partial charge in [-0.3, -0.25) is 23.9 Å². The summed E-state index contributed by atoms with van der Waals surface area (Å²) in [5.41, 5.74) is 2.80. The van der Waals surface area contributed by atoms with Gasteiger partial charge in [-0.15, -0.1) is 0 Å². The van der Waals surface area contributed by atoms with E-state index in [1.54, 1.807) is 18.2 Å². The van der Waals surface area contributed by atoms with Gasteiger partial charge in [0.05, 0.1) is 11.0 Å². The number of rotatable bonds is 7. The fourth-order valence-corrected chi connectivity index (χ4v) is 4.32. The highest BCUT2D eigenvalue weighted by atomic mass is 16.2. The summed E-state index contributed by atoms with van der Waals surface area (Å²) < 4.78 is 2.73. The van der Waals surface area contributed by atoms with Crippen LogP contribution in [0.1, 0.15) is 24.5 Å². The second-order valence-electron chi connectivity index (χ2n) is 7.93. The molecule has 0 fully saturated rings. The molecular weight excluding hydrogens is 392 g/mol. The first-order valence-corrected chi connectivity index (χ1v) is 10.9. The highest BCUT2D eigenvalue weighted by Gasteiger charge is 2.16. The Morgan fingerprint density at radius 2 is 1.58 bits per heavy atom. The van der Waals surface area contributed by atoms with Gasteiger partial charge in [0.25, 0.3) is 0 Å². The van der Waals surface area contributed by atoms with E-state index in [9.17, 15) is 14.4 Å². The molecule has 7 nitrogen and oxygen atoms in total. The molecule has 0 saturated carbocycles. The third-order valence-corrected chi connectivity index (χ3v) is 5.94. The van der Waals surface area contributed by atoms with Crippen molar-refractivity contribution in [2.24, 2.45) is 0 Å². The number of hydrogen-bond donors (Lipinski definition) is 1. The van der Waals surface area contributed by atoms with Crippen molar-refractivity contribution in [2.45, 2.75) is 39.4 Å². The molecule has 0 radical (unpaired) electrons. The molecule has 1 amide bonds. The predicted molar refractivity (Wildman–Crippen MR) is 121 cm³/mol. The lowest BCUT2D eigenvalue weighted by atomic mass is 10.00. The van der Waals surface area contributed by atoms with E-state index in [0.717, 1.165) is 32.5 Å². The summed E-state index contributed by atoms with van der Waals surface area (Å²) in [4.78, 5) is 39.9. The molecule has 7 heteroatoms. The van der Waals surface area contributed by atoms with E-state index in [1.807, 2.05) is 13.0 Å². The third kappa shape index (κ3) is 4.46. The van der Waals surface area contributed by atoms with E-state index in [2.05, 4.69) is 34.5 Å². The zero-order valence-corrected chi connectivity index (χ0v) is 17.8. The van der Waals surface area contributed by atoms with E-state index in [4.69, 9.17) is 0 Å². The van der Waals surface area contributed by atoms with Crippen molar-refractivity contribution in [1.82, 2.24) is 19.4 Å². The summed E-state index contributed by atoms with van der Waals surface area (Å²) in [6.45, 7) is 5.49. The maximum absolute atomic E-state index is 12.6. The van der Waals surface area contributed by atoms with Crippen LogP contribution in [0, 0.1) is 0 Å². The Morgan fingerprint density at radius 1 is 0.935 bits per heavy atom. The molecule has 1 aliphatic rings. The SMILES string of the molecule is CCn1c(=O)c(=O)n(CC(=O)NCCCN2CCc3ccccc3C2)c2ccccc21. The van der Waals surface area contributed by atoms with Crippen LogP contribution in [0.25, 0.3) is 11.0 Å². The number of aryl methyl sites for hydroxylation is 1. The van der Waals surface area contributed by atoms with E-state index in [-0.39, 0.29) is 12.5 Å². The van der Waals surface area contributed by atoms with Crippen molar-refractivity contribution in [3.63, 3.8) is 0 Å². The number of para-hydroxylation sites is 2. The molecule has 1 N–H and O–H groups in total. The van der Waals surface area contributed by atoms with Crippen molar-refractivity contribution in [1.29, 1.82) is 0 Å². The fourth-order valence-electron chi connectivity index (χ4n) is 4.32. The van der Waals surface area contributed by atoms with Crippen molar-refractivity contribution >= 4 is 16.9 Å². The Labute approximate surface area is 180 Å². The summed E-state index contributed by atoms with van der Waals surface area (Å²) >= 11 is 0. The van der Waals surface area contributed by atoms with Crippen molar-refractivity contribution in [2.75, 3.05) is 19.6 Å². The van der Waals surface area contributed by atoms with E-state index < -0.39 is 11.1 Å². The van der Waals surface area contributed by atoms with Gasteiger partial charge < -0.3 is 9.88 Å². The number of nitrogens with one attached hydrogen (secondary N) is 1. The van der Waals surface area contributed by atoms with Crippen LogP contribution in [0.3, 0.4) is 0 Å². The number of benzene rings is 2. The zero-order valence-electron chi connectivity index (χ0n) is 17.8. The summed E-state index contributed by atoms with van der Waals surface area (Å²) in [6, 6.07) is 15.7. The number of fused-ring (bicyclic) bond motifs is 2. The molecule has 0 unspecified atom stereocenters. The number of amides is 1. The summed E-state index contributed by atoms with van der Waals surface area (Å²) in [5, 5.41) is 2.90. The van der Waals surface area contributed by atoms with Crippen LogP contribution in [-0.4, -0.2) is 39.6 Å². The number of hydrogen-bond acceptors (Lipinski definition) is 4. The van der Waals surface area contributed by atoms with Gasteiger partial charge in [0.15, 0.2) is 0 Å². The van der Waals surface area contributed by atoms with Crippen LogP contribution in [0.4, 0.5) is 0 Å². The Kier molecular flexibility index (Phi) is 6.32. The summed E-state index contributed by atoms with van der Waals surface area (Å²) in [6.07, 6.45) is 1.89. The van der Waals surface area contributed by atoms with Gasteiger partial charge in [-0.25, -0.2) is 0 Å². The molecule has 4 rings (SSSR count). The first-order valence-electron chi connectivity index (χ1n) is 10.9. The lowest BCUT2D eigenvalue weighted by molar-refractivity contribution is -0.121. The van der Waals surface area contributed by atoms with Gasteiger partial charge in [-0.05, 0) is 43.0 Å². The van der Waals surface area contributed by atoms with Crippen molar-refractivity contribution < 1.29 is 4.79 Å². The highest BCUT2D eigenvalue weighted by molar-refractivity contribution is 5.80. The first kappa shape index (κ1) is 21.1. The Bertz CT molecular complexity index is 1210. The maximum Gasteiger partial charge on any atom is 0.317 e. The van der Waals surface area contributed by atoms with Crippen LogP contribution in [0.2, 0.25) is 0 Å². The van der Waals surface area contributed by atoms with Crippen LogP contribution < -0.4 is 16.4 Å². The Balaban J connectivity index is 1.35. The molecule has 0 saturated heterocycles. The van der Waals surface area contributed by atoms with Gasteiger partial charge in [0, 0.05) is 32.7 Å². The van der Waals surface area contributed by atoms with Crippen LogP contribution >= 0.6 is 0 Å². The molecular formula is C24H28N4O3. The second kappa shape index (κ2) is 9.31. The zero-order chi connectivity index (χ0) is 21.8. The van der Waals surface area contributed by atoms with Gasteiger partial charge in [0.1, 0.15) is 6.54 Å². The van der Waals surface area contributed by atoms with Crippen LogP contribution in [0.15, 0.2) is 58.1 Å². The third-order valence-electron chi connectivity index (χ3n) is 5.94. The molecule has 0 atom stereocenters. The van der Waals surface area contributed by atoms with Gasteiger partial charge in [-0.1, -0.05) is 36.4 Å². The second-order valence-corrected chi connectivity index (χ2v) is 7.93.